The molecule has 0 amide bonds. The highest BCUT2D eigenvalue weighted by molar-refractivity contribution is 7.91. The molecule has 2 aromatic rings. The van der Waals surface area contributed by atoms with Gasteiger partial charge in [0.25, 0.3) is 0 Å². The van der Waals surface area contributed by atoms with Gasteiger partial charge in [0.1, 0.15) is 4.21 Å². The third kappa shape index (κ3) is 3.17. The van der Waals surface area contributed by atoms with Gasteiger partial charge in [-0.15, -0.1) is 22.7 Å². The molecule has 0 bridgehead atoms. The lowest BCUT2D eigenvalue weighted by molar-refractivity contribution is 0.582. The second-order valence-electron chi connectivity index (χ2n) is 4.09. The lowest BCUT2D eigenvalue weighted by atomic mass is 10.2. The van der Waals surface area contributed by atoms with Gasteiger partial charge in [-0.25, -0.2) is 18.1 Å². The molecule has 1 N–H and O–H groups in total. The van der Waals surface area contributed by atoms with E-state index in [1.54, 1.807) is 28.8 Å². The predicted molar refractivity (Wildman–Crippen MR) is 74.5 cm³/mol. The zero-order valence-electron chi connectivity index (χ0n) is 10.1. The van der Waals surface area contributed by atoms with E-state index in [9.17, 15) is 8.42 Å². The maximum absolute atomic E-state index is 11.9. The van der Waals surface area contributed by atoms with Crippen molar-refractivity contribution in [3.63, 3.8) is 0 Å². The number of rotatable bonds is 5. The number of nitrogens with one attached hydrogen (secondary N) is 1. The average molecular weight is 302 g/mol. The molecule has 7 heteroatoms. The fourth-order valence-electron chi connectivity index (χ4n) is 1.33. The second-order valence-corrected chi connectivity index (χ2v) is 7.92. The molecule has 2 heterocycles. The average Bonchev–Trinajstić information content (AvgIpc) is 2.98. The summed E-state index contributed by atoms with van der Waals surface area (Å²) in [5, 5.41) is 4.67. The van der Waals surface area contributed by atoms with Gasteiger partial charge in [0, 0.05) is 11.3 Å². The zero-order valence-corrected chi connectivity index (χ0v) is 12.5. The highest BCUT2D eigenvalue weighted by atomic mass is 32.2. The molecule has 0 fully saturated rings. The third-order valence-corrected chi connectivity index (χ3v) is 6.26. The maximum atomic E-state index is 11.9. The molecule has 0 saturated heterocycles. The summed E-state index contributed by atoms with van der Waals surface area (Å²) in [5.41, 5.74) is 0.767. The van der Waals surface area contributed by atoms with Crippen LogP contribution >= 0.6 is 22.7 Å². The van der Waals surface area contributed by atoms with E-state index in [0.717, 1.165) is 10.7 Å². The van der Waals surface area contributed by atoms with Gasteiger partial charge in [-0.1, -0.05) is 19.9 Å². The van der Waals surface area contributed by atoms with Crippen LogP contribution in [0.5, 0.6) is 0 Å². The van der Waals surface area contributed by atoms with Crippen molar-refractivity contribution in [2.24, 2.45) is 0 Å². The minimum Gasteiger partial charge on any atom is -0.245 e. The number of thiophene rings is 1. The fourth-order valence-corrected chi connectivity index (χ4v) is 4.20. The Balaban J connectivity index is 2.03. The van der Waals surface area contributed by atoms with Crippen molar-refractivity contribution in [1.29, 1.82) is 0 Å². The van der Waals surface area contributed by atoms with Crippen molar-refractivity contribution < 1.29 is 8.42 Å². The monoisotopic (exact) mass is 302 g/mol. The number of nitrogens with zero attached hydrogens (tertiary/aromatic N) is 1. The standard InChI is InChI=1S/C11H14N2O2S3/c1-8(2)11-13-9(7-17-11)6-12-18(14,15)10-4-3-5-16-10/h3-5,7-8,12H,6H2,1-2H3. The van der Waals surface area contributed by atoms with Crippen LogP contribution in [0.25, 0.3) is 0 Å². The normalized spacial score (nSPS) is 12.2. The van der Waals surface area contributed by atoms with Gasteiger partial charge in [-0.2, -0.15) is 0 Å². The molecule has 4 nitrogen and oxygen atoms in total. The summed E-state index contributed by atoms with van der Waals surface area (Å²) in [4.78, 5) is 4.39. The van der Waals surface area contributed by atoms with Crippen LogP contribution in [0, 0.1) is 0 Å². The first-order chi connectivity index (χ1) is 8.49. The number of sulfonamides is 1. The highest BCUT2D eigenvalue weighted by Gasteiger charge is 2.15. The van der Waals surface area contributed by atoms with E-state index in [0.29, 0.717) is 10.1 Å². The van der Waals surface area contributed by atoms with Crippen LogP contribution in [0.1, 0.15) is 30.5 Å². The van der Waals surface area contributed by atoms with Crippen LogP contribution in [0.3, 0.4) is 0 Å². The number of hydrogen-bond donors (Lipinski definition) is 1. The Morgan fingerprint density at radius 3 is 2.72 bits per heavy atom. The highest BCUT2D eigenvalue weighted by Crippen LogP contribution is 2.20. The Labute approximate surface area is 115 Å². The molecule has 2 aromatic heterocycles. The van der Waals surface area contributed by atoms with E-state index < -0.39 is 10.0 Å². The van der Waals surface area contributed by atoms with Gasteiger partial charge in [-0.05, 0) is 11.4 Å². The van der Waals surface area contributed by atoms with Gasteiger partial charge in [0.15, 0.2) is 0 Å². The number of thiazole rings is 1. The summed E-state index contributed by atoms with van der Waals surface area (Å²) in [6.45, 7) is 4.38. The molecule has 0 aliphatic carbocycles. The molecular formula is C11H14N2O2S3. The molecule has 98 valence electrons. The van der Waals surface area contributed by atoms with E-state index in [1.165, 1.54) is 11.3 Å². The van der Waals surface area contributed by atoms with Crippen LogP contribution in [-0.2, 0) is 16.6 Å². The number of hydrogen-bond acceptors (Lipinski definition) is 5. The summed E-state index contributed by atoms with van der Waals surface area (Å²) in [6, 6.07) is 3.31. The van der Waals surface area contributed by atoms with E-state index in [2.05, 4.69) is 23.6 Å². The summed E-state index contributed by atoms with van der Waals surface area (Å²) >= 11 is 2.77. The molecule has 0 atom stereocenters. The maximum Gasteiger partial charge on any atom is 0.250 e. The van der Waals surface area contributed by atoms with Gasteiger partial charge >= 0.3 is 0 Å². The molecule has 0 aromatic carbocycles. The largest absolute Gasteiger partial charge is 0.250 e. The van der Waals surface area contributed by atoms with Gasteiger partial charge < -0.3 is 0 Å². The van der Waals surface area contributed by atoms with Gasteiger partial charge in [0.2, 0.25) is 10.0 Å². The van der Waals surface area contributed by atoms with Gasteiger partial charge in [-0.3, -0.25) is 0 Å². The van der Waals surface area contributed by atoms with Crippen LogP contribution < -0.4 is 4.72 Å². The smallest absolute Gasteiger partial charge is 0.245 e. The first-order valence-electron chi connectivity index (χ1n) is 5.46. The first-order valence-corrected chi connectivity index (χ1v) is 8.71. The molecule has 0 aliphatic heterocycles. The SMILES string of the molecule is CC(C)c1nc(CNS(=O)(=O)c2cccs2)cs1. The third-order valence-electron chi connectivity index (χ3n) is 2.27. The Hall–Kier alpha value is -0.760. The van der Waals surface area contributed by atoms with E-state index >= 15 is 0 Å². The Bertz CT molecular complexity index is 600. The van der Waals surface area contributed by atoms with Crippen molar-refractivity contribution in [1.82, 2.24) is 9.71 Å². The molecule has 18 heavy (non-hydrogen) atoms. The van der Waals surface area contributed by atoms with Crippen molar-refractivity contribution in [3.05, 3.63) is 33.6 Å². The minimum atomic E-state index is -3.39. The second kappa shape index (κ2) is 5.48. The zero-order chi connectivity index (χ0) is 13.2. The molecule has 0 spiro atoms. The first kappa shape index (κ1) is 13.7. The fraction of sp³-hybridized carbons (Fsp3) is 0.364. The Kier molecular flexibility index (Phi) is 4.16. The van der Waals surface area contributed by atoms with E-state index in [1.807, 2.05) is 5.38 Å². The summed E-state index contributed by atoms with van der Waals surface area (Å²) < 4.78 is 26.7. The molecular weight excluding hydrogens is 288 g/mol. The Morgan fingerprint density at radius 2 is 2.17 bits per heavy atom. The molecule has 0 unspecified atom stereocenters. The van der Waals surface area contributed by atoms with Crippen molar-refractivity contribution in [2.75, 3.05) is 0 Å². The quantitative estimate of drug-likeness (QED) is 0.924. The summed E-state index contributed by atoms with van der Waals surface area (Å²) in [6.07, 6.45) is 0. The lowest BCUT2D eigenvalue weighted by Gasteiger charge is -2.02. The minimum absolute atomic E-state index is 0.240. The summed E-state index contributed by atoms with van der Waals surface area (Å²) in [5.74, 6) is 0.373. The van der Waals surface area contributed by atoms with Crippen LogP contribution in [0.4, 0.5) is 0 Å². The summed E-state index contributed by atoms with van der Waals surface area (Å²) in [7, 11) is -3.39. The van der Waals surface area contributed by atoms with Crippen molar-refractivity contribution in [2.45, 2.75) is 30.5 Å². The topological polar surface area (TPSA) is 59.1 Å². The van der Waals surface area contributed by atoms with E-state index in [-0.39, 0.29) is 6.54 Å². The Morgan fingerprint density at radius 1 is 1.39 bits per heavy atom. The van der Waals surface area contributed by atoms with Crippen LogP contribution in [0.15, 0.2) is 27.1 Å². The van der Waals surface area contributed by atoms with Crippen LogP contribution in [0.2, 0.25) is 0 Å². The molecule has 0 aliphatic rings. The van der Waals surface area contributed by atoms with Gasteiger partial charge in [0.05, 0.1) is 17.2 Å². The molecule has 0 saturated carbocycles. The molecule has 0 radical (unpaired) electrons. The van der Waals surface area contributed by atoms with Crippen molar-refractivity contribution in [3.8, 4) is 0 Å². The predicted octanol–water partition coefficient (Wildman–Crippen LogP) is 2.81. The molecule has 2 rings (SSSR count). The van der Waals surface area contributed by atoms with Crippen LogP contribution in [-0.4, -0.2) is 13.4 Å². The van der Waals surface area contributed by atoms with E-state index in [4.69, 9.17) is 0 Å². The number of aromatic nitrogens is 1. The van der Waals surface area contributed by atoms with Crippen molar-refractivity contribution >= 4 is 32.7 Å². The lowest BCUT2D eigenvalue weighted by Crippen LogP contribution is -2.22.